The number of fused-ring (bicyclic) bond motifs is 2. The molecular formula is C37H36N4O4. The summed E-state index contributed by atoms with van der Waals surface area (Å²) >= 11 is 0. The molecule has 8 heteroatoms. The highest BCUT2D eigenvalue weighted by atomic mass is 16.6. The first kappa shape index (κ1) is 29.8. The van der Waals surface area contributed by atoms with Gasteiger partial charge < -0.3 is 9.47 Å². The summed E-state index contributed by atoms with van der Waals surface area (Å²) in [5.74, 6) is 1.03. The van der Waals surface area contributed by atoms with E-state index in [1.54, 1.807) is 4.57 Å². The van der Waals surface area contributed by atoms with Gasteiger partial charge in [-0.15, -0.1) is 0 Å². The Labute approximate surface area is 262 Å². The molecule has 0 aliphatic heterocycles. The van der Waals surface area contributed by atoms with Gasteiger partial charge in [0, 0.05) is 11.1 Å². The molecule has 45 heavy (non-hydrogen) atoms. The van der Waals surface area contributed by atoms with E-state index < -0.39 is 23.4 Å². The van der Waals surface area contributed by atoms with Gasteiger partial charge in [0.1, 0.15) is 11.2 Å². The Kier molecular flexibility index (Phi) is 7.52. The molecule has 6 rings (SSSR count). The summed E-state index contributed by atoms with van der Waals surface area (Å²) in [7, 11) is 0. The van der Waals surface area contributed by atoms with Gasteiger partial charge in [-0.25, -0.2) is 28.7 Å². The predicted octanol–water partition coefficient (Wildman–Crippen LogP) is 9.34. The van der Waals surface area contributed by atoms with E-state index in [1.807, 2.05) is 139 Å². The molecule has 4 aromatic carbocycles. The molecule has 0 saturated heterocycles. The van der Waals surface area contributed by atoms with Gasteiger partial charge in [-0.05, 0) is 76.4 Å². The zero-order chi connectivity index (χ0) is 31.9. The Morgan fingerprint density at radius 3 is 1.76 bits per heavy atom. The predicted molar refractivity (Wildman–Crippen MR) is 177 cm³/mol. The Morgan fingerprint density at radius 2 is 1.11 bits per heavy atom. The molecule has 0 aliphatic carbocycles. The molecule has 228 valence electrons. The highest BCUT2D eigenvalue weighted by Crippen LogP contribution is 2.32. The molecule has 0 saturated carbocycles. The third-order valence-electron chi connectivity index (χ3n) is 7.70. The van der Waals surface area contributed by atoms with Crippen LogP contribution in [0.3, 0.4) is 0 Å². The van der Waals surface area contributed by atoms with Crippen LogP contribution in [0.2, 0.25) is 0 Å². The van der Waals surface area contributed by atoms with Crippen molar-refractivity contribution < 1.29 is 19.1 Å². The van der Waals surface area contributed by atoms with E-state index in [2.05, 4.69) is 0 Å². The standard InChI is InChI=1S/C37H36N4O4/c1-7-37(5,6)45-35(43)41-31-22-21-27(23-29(31)39-32(41)25-13-9-8-10-14-25)24-17-19-26(20-18-24)33-38-28-15-11-12-16-30(28)40(33)34(42)44-36(2,3)4/h8-23H,7H2,1-6H3. The highest BCUT2D eigenvalue weighted by Gasteiger charge is 2.27. The van der Waals surface area contributed by atoms with Crippen LogP contribution < -0.4 is 0 Å². The third-order valence-corrected chi connectivity index (χ3v) is 7.70. The summed E-state index contributed by atoms with van der Waals surface area (Å²) in [6.45, 7) is 11.3. The van der Waals surface area contributed by atoms with Crippen molar-refractivity contribution in [3.63, 3.8) is 0 Å². The fraction of sp³-hybridized carbons (Fsp3) is 0.243. The normalized spacial score (nSPS) is 12.0. The highest BCUT2D eigenvalue weighted by molar-refractivity contribution is 5.95. The maximum atomic E-state index is 13.5. The Bertz CT molecular complexity index is 2030. The van der Waals surface area contributed by atoms with Crippen molar-refractivity contribution in [2.24, 2.45) is 0 Å². The zero-order valence-corrected chi connectivity index (χ0v) is 26.4. The first-order valence-corrected chi connectivity index (χ1v) is 15.1. The lowest BCUT2D eigenvalue weighted by atomic mass is 10.0. The molecule has 2 heterocycles. The minimum atomic E-state index is -0.654. The molecule has 6 aromatic rings. The number of carbonyl (C=O) groups excluding carboxylic acids is 2. The van der Waals surface area contributed by atoms with E-state index >= 15 is 0 Å². The van der Waals surface area contributed by atoms with Gasteiger partial charge in [0.15, 0.2) is 11.6 Å². The van der Waals surface area contributed by atoms with E-state index in [-0.39, 0.29) is 0 Å². The number of carbonyl (C=O) groups is 2. The molecule has 0 N–H and O–H groups in total. The van der Waals surface area contributed by atoms with Gasteiger partial charge in [-0.3, -0.25) is 0 Å². The van der Waals surface area contributed by atoms with Crippen LogP contribution in [0.25, 0.3) is 56.0 Å². The van der Waals surface area contributed by atoms with Crippen LogP contribution in [0.5, 0.6) is 0 Å². The molecule has 0 unspecified atom stereocenters. The number of hydrogen-bond acceptors (Lipinski definition) is 6. The number of benzene rings is 4. The van der Waals surface area contributed by atoms with Crippen molar-refractivity contribution in [1.29, 1.82) is 0 Å². The largest absolute Gasteiger partial charge is 0.443 e. The molecular weight excluding hydrogens is 564 g/mol. The van der Waals surface area contributed by atoms with Gasteiger partial charge in [0.25, 0.3) is 0 Å². The second-order valence-corrected chi connectivity index (χ2v) is 12.6. The fourth-order valence-corrected chi connectivity index (χ4v) is 5.10. The molecule has 8 nitrogen and oxygen atoms in total. The molecule has 0 spiro atoms. The lowest BCUT2D eigenvalue weighted by Crippen LogP contribution is -2.30. The Hall–Kier alpha value is -5.24. The SMILES string of the molecule is CCC(C)(C)OC(=O)n1c(-c2ccccc2)nc2cc(-c3ccc(-c4nc5ccccc5n4C(=O)OC(C)(C)C)cc3)ccc21. The number of hydrogen-bond donors (Lipinski definition) is 0. The summed E-state index contributed by atoms with van der Waals surface area (Å²) in [4.78, 5) is 36.4. The number of aromatic nitrogens is 4. The van der Waals surface area contributed by atoms with Crippen LogP contribution in [0.1, 0.15) is 48.0 Å². The van der Waals surface area contributed by atoms with Crippen LogP contribution >= 0.6 is 0 Å². The van der Waals surface area contributed by atoms with Crippen LogP contribution in [-0.2, 0) is 9.47 Å². The first-order valence-electron chi connectivity index (χ1n) is 15.1. The third kappa shape index (κ3) is 5.96. The van der Waals surface area contributed by atoms with Gasteiger partial charge >= 0.3 is 12.2 Å². The quantitative estimate of drug-likeness (QED) is 0.196. The van der Waals surface area contributed by atoms with E-state index in [4.69, 9.17) is 19.4 Å². The number of imidazole rings is 2. The summed E-state index contributed by atoms with van der Waals surface area (Å²) in [5, 5.41) is 0. The average molecular weight is 601 g/mol. The summed E-state index contributed by atoms with van der Waals surface area (Å²) in [6, 6.07) is 30.9. The maximum Gasteiger partial charge on any atom is 0.420 e. The van der Waals surface area contributed by atoms with E-state index in [0.29, 0.717) is 40.1 Å². The smallest absolute Gasteiger partial charge is 0.420 e. The lowest BCUT2D eigenvalue weighted by Gasteiger charge is -2.23. The van der Waals surface area contributed by atoms with Crippen LogP contribution in [0.15, 0.2) is 97.1 Å². The minimum absolute atomic E-state index is 0.465. The second-order valence-electron chi connectivity index (χ2n) is 12.6. The van der Waals surface area contributed by atoms with E-state index in [0.717, 1.165) is 22.3 Å². The number of ether oxygens (including phenoxy) is 2. The van der Waals surface area contributed by atoms with Crippen LogP contribution in [-0.4, -0.2) is 42.5 Å². The van der Waals surface area contributed by atoms with Gasteiger partial charge in [-0.1, -0.05) is 79.7 Å². The van der Waals surface area contributed by atoms with Crippen molar-refractivity contribution in [1.82, 2.24) is 19.1 Å². The molecule has 0 bridgehead atoms. The summed E-state index contributed by atoms with van der Waals surface area (Å²) in [6.07, 6.45) is -0.264. The van der Waals surface area contributed by atoms with Crippen LogP contribution in [0.4, 0.5) is 9.59 Å². The lowest BCUT2D eigenvalue weighted by molar-refractivity contribution is 0.0379. The molecule has 0 fully saturated rings. The van der Waals surface area contributed by atoms with Crippen molar-refractivity contribution in [3.05, 3.63) is 97.1 Å². The number of nitrogens with zero attached hydrogens (tertiary/aromatic N) is 4. The van der Waals surface area contributed by atoms with Crippen molar-refractivity contribution in [2.75, 3.05) is 0 Å². The van der Waals surface area contributed by atoms with E-state index in [9.17, 15) is 9.59 Å². The molecule has 0 radical (unpaired) electrons. The molecule has 0 aliphatic rings. The fourth-order valence-electron chi connectivity index (χ4n) is 5.10. The number of rotatable bonds is 5. The monoisotopic (exact) mass is 600 g/mol. The molecule has 2 aromatic heterocycles. The topological polar surface area (TPSA) is 88.2 Å². The average Bonchev–Trinajstić information content (AvgIpc) is 3.59. The van der Waals surface area contributed by atoms with Crippen molar-refractivity contribution >= 4 is 34.3 Å². The summed E-state index contributed by atoms with van der Waals surface area (Å²) in [5.41, 5.74) is 4.93. The minimum Gasteiger partial charge on any atom is -0.443 e. The maximum absolute atomic E-state index is 13.5. The van der Waals surface area contributed by atoms with Gasteiger partial charge in [0.05, 0.1) is 22.1 Å². The Balaban J connectivity index is 1.39. The number of para-hydroxylation sites is 2. The van der Waals surface area contributed by atoms with Crippen molar-refractivity contribution in [3.8, 4) is 33.9 Å². The van der Waals surface area contributed by atoms with Gasteiger partial charge in [-0.2, -0.15) is 0 Å². The van der Waals surface area contributed by atoms with Crippen molar-refractivity contribution in [2.45, 2.75) is 59.2 Å². The summed E-state index contributed by atoms with van der Waals surface area (Å²) < 4.78 is 14.7. The zero-order valence-electron chi connectivity index (χ0n) is 26.4. The van der Waals surface area contributed by atoms with Crippen LogP contribution in [0, 0.1) is 0 Å². The molecule has 0 atom stereocenters. The van der Waals surface area contributed by atoms with E-state index in [1.165, 1.54) is 4.57 Å². The first-order chi connectivity index (χ1) is 21.4. The second kappa shape index (κ2) is 11.4. The molecule has 0 amide bonds. The van der Waals surface area contributed by atoms with Gasteiger partial charge in [0.2, 0.25) is 0 Å². The Morgan fingerprint density at radius 1 is 0.600 bits per heavy atom.